The molecule has 3 heteroatoms. The molecular formula is C56H35N3. The summed E-state index contributed by atoms with van der Waals surface area (Å²) in [4.78, 5) is 10.3. The molecule has 0 amide bonds. The monoisotopic (exact) mass is 749 g/mol. The fraction of sp³-hybridized carbons (Fsp3) is 0. The van der Waals surface area contributed by atoms with E-state index in [1.165, 1.54) is 65.6 Å². The number of hydrogen-bond acceptors (Lipinski definition) is 2. The fourth-order valence-corrected chi connectivity index (χ4v) is 9.10. The van der Waals surface area contributed by atoms with E-state index in [1.807, 2.05) is 6.20 Å². The van der Waals surface area contributed by atoms with Gasteiger partial charge in [-0.15, -0.1) is 0 Å². The van der Waals surface area contributed by atoms with Gasteiger partial charge in [0, 0.05) is 32.8 Å². The molecule has 0 radical (unpaired) electrons. The van der Waals surface area contributed by atoms with Crippen LogP contribution in [0, 0.1) is 0 Å². The molecule has 0 fully saturated rings. The van der Waals surface area contributed by atoms with Gasteiger partial charge in [0.25, 0.3) is 0 Å². The summed E-state index contributed by atoms with van der Waals surface area (Å²) < 4.78 is 2.40. The zero-order chi connectivity index (χ0) is 38.9. The fourth-order valence-electron chi connectivity index (χ4n) is 9.10. The van der Waals surface area contributed by atoms with E-state index in [1.54, 1.807) is 0 Å². The smallest absolute Gasteiger partial charge is 0.0979 e. The minimum Gasteiger partial charge on any atom is -0.309 e. The van der Waals surface area contributed by atoms with Gasteiger partial charge in [0.2, 0.25) is 0 Å². The molecule has 12 rings (SSSR count). The van der Waals surface area contributed by atoms with Crippen molar-refractivity contribution in [3.05, 3.63) is 212 Å². The molecule has 10 aromatic carbocycles. The largest absolute Gasteiger partial charge is 0.309 e. The Morgan fingerprint density at radius 3 is 1.59 bits per heavy atom. The van der Waals surface area contributed by atoms with Gasteiger partial charge < -0.3 is 4.57 Å². The third kappa shape index (κ3) is 5.51. The van der Waals surface area contributed by atoms with E-state index in [-0.39, 0.29) is 0 Å². The van der Waals surface area contributed by atoms with E-state index < -0.39 is 0 Å². The highest BCUT2D eigenvalue weighted by Gasteiger charge is 2.15. The summed E-state index contributed by atoms with van der Waals surface area (Å²) in [5.74, 6) is 0. The molecular weight excluding hydrogens is 715 g/mol. The van der Waals surface area contributed by atoms with Crippen molar-refractivity contribution in [2.45, 2.75) is 0 Å². The number of aromatic nitrogens is 3. The highest BCUT2D eigenvalue weighted by atomic mass is 15.0. The lowest BCUT2D eigenvalue weighted by molar-refractivity contribution is 1.18. The average Bonchev–Trinajstić information content (AvgIpc) is 3.65. The van der Waals surface area contributed by atoms with Crippen LogP contribution in [-0.2, 0) is 0 Å². The van der Waals surface area contributed by atoms with Crippen molar-refractivity contribution in [3.8, 4) is 50.3 Å². The maximum Gasteiger partial charge on any atom is 0.0979 e. The Balaban J connectivity index is 0.897. The summed E-state index contributed by atoms with van der Waals surface area (Å²) in [5.41, 5.74) is 14.4. The molecule has 0 bridgehead atoms. The first-order valence-corrected chi connectivity index (χ1v) is 20.1. The molecule has 2 heterocycles. The number of nitrogens with zero attached hydrogens (tertiary/aromatic N) is 3. The molecule has 0 unspecified atom stereocenters. The number of para-hydroxylation sites is 1. The molecule has 274 valence electrons. The van der Waals surface area contributed by atoms with Crippen molar-refractivity contribution in [3.63, 3.8) is 0 Å². The predicted octanol–water partition coefficient (Wildman–Crippen LogP) is 14.9. The van der Waals surface area contributed by atoms with E-state index in [2.05, 4.69) is 211 Å². The van der Waals surface area contributed by atoms with Crippen LogP contribution in [0.25, 0.3) is 115 Å². The Kier molecular flexibility index (Phi) is 7.54. The quantitative estimate of drug-likeness (QED) is 0.164. The second kappa shape index (κ2) is 13.4. The Morgan fingerprint density at radius 2 is 0.831 bits per heavy atom. The Bertz CT molecular complexity index is 3580. The Hall–Kier alpha value is -7.88. The minimum absolute atomic E-state index is 0.862. The average molecular weight is 750 g/mol. The van der Waals surface area contributed by atoms with Gasteiger partial charge in [-0.3, -0.25) is 4.98 Å². The second-order valence-electron chi connectivity index (χ2n) is 15.4. The van der Waals surface area contributed by atoms with Crippen LogP contribution in [0.1, 0.15) is 0 Å². The molecule has 0 saturated carbocycles. The summed E-state index contributed by atoms with van der Waals surface area (Å²) in [6, 6.07) is 74.4. The molecule has 0 aliphatic heterocycles. The first-order valence-electron chi connectivity index (χ1n) is 20.1. The minimum atomic E-state index is 0.862. The SMILES string of the molecule is c1cc(-c2ccc(-n3c4ccccc4c4ccc(-c5ccc6ccccc6c5)cc43)cc2)cc(-c2cccc(-c3cnc4c5ccccc5c5ccccc5c4n3)c2)c1. The van der Waals surface area contributed by atoms with Crippen LogP contribution in [0.15, 0.2) is 212 Å². The highest BCUT2D eigenvalue weighted by molar-refractivity contribution is 6.23. The van der Waals surface area contributed by atoms with Gasteiger partial charge >= 0.3 is 0 Å². The van der Waals surface area contributed by atoms with Crippen LogP contribution in [0.2, 0.25) is 0 Å². The summed E-state index contributed by atoms with van der Waals surface area (Å²) >= 11 is 0. The van der Waals surface area contributed by atoms with Crippen molar-refractivity contribution in [2.24, 2.45) is 0 Å². The van der Waals surface area contributed by atoms with Crippen LogP contribution in [0.3, 0.4) is 0 Å². The number of hydrogen-bond donors (Lipinski definition) is 0. The van der Waals surface area contributed by atoms with E-state index in [0.29, 0.717) is 0 Å². The van der Waals surface area contributed by atoms with Crippen molar-refractivity contribution in [2.75, 3.05) is 0 Å². The van der Waals surface area contributed by atoms with Gasteiger partial charge in [-0.05, 0) is 97.4 Å². The molecule has 0 spiro atoms. The molecule has 0 atom stereocenters. The number of rotatable bonds is 5. The molecule has 12 aromatic rings. The predicted molar refractivity (Wildman–Crippen MR) is 248 cm³/mol. The van der Waals surface area contributed by atoms with Gasteiger partial charge in [0.15, 0.2) is 0 Å². The number of benzene rings is 10. The van der Waals surface area contributed by atoms with Crippen LogP contribution in [-0.4, -0.2) is 14.5 Å². The van der Waals surface area contributed by atoms with E-state index >= 15 is 0 Å². The second-order valence-corrected chi connectivity index (χ2v) is 15.4. The maximum atomic E-state index is 5.26. The Morgan fingerprint density at radius 1 is 0.305 bits per heavy atom. The van der Waals surface area contributed by atoms with Crippen molar-refractivity contribution >= 4 is 65.2 Å². The molecule has 2 aromatic heterocycles. The molecule has 0 N–H and O–H groups in total. The Labute approximate surface area is 341 Å². The van der Waals surface area contributed by atoms with Crippen molar-refractivity contribution in [1.82, 2.24) is 14.5 Å². The van der Waals surface area contributed by atoms with Gasteiger partial charge in [0.1, 0.15) is 0 Å². The van der Waals surface area contributed by atoms with Crippen LogP contribution < -0.4 is 0 Å². The zero-order valence-corrected chi connectivity index (χ0v) is 32.0. The zero-order valence-electron chi connectivity index (χ0n) is 32.0. The van der Waals surface area contributed by atoms with Crippen LogP contribution in [0.5, 0.6) is 0 Å². The lowest BCUT2D eigenvalue weighted by atomic mass is 9.97. The number of fused-ring (bicyclic) bond motifs is 10. The molecule has 0 aliphatic carbocycles. The van der Waals surface area contributed by atoms with Gasteiger partial charge in [-0.1, -0.05) is 164 Å². The normalized spacial score (nSPS) is 11.7. The van der Waals surface area contributed by atoms with Gasteiger partial charge in [0.05, 0.1) is 34.0 Å². The van der Waals surface area contributed by atoms with E-state index in [0.717, 1.165) is 49.9 Å². The third-order valence-electron chi connectivity index (χ3n) is 12.0. The van der Waals surface area contributed by atoms with Crippen molar-refractivity contribution < 1.29 is 0 Å². The first kappa shape index (κ1) is 33.3. The summed E-state index contributed by atoms with van der Waals surface area (Å²) in [6.07, 6.45) is 1.92. The van der Waals surface area contributed by atoms with E-state index in [9.17, 15) is 0 Å². The van der Waals surface area contributed by atoms with Gasteiger partial charge in [-0.2, -0.15) is 0 Å². The maximum absolute atomic E-state index is 5.26. The van der Waals surface area contributed by atoms with E-state index in [4.69, 9.17) is 9.97 Å². The van der Waals surface area contributed by atoms with Crippen molar-refractivity contribution in [1.29, 1.82) is 0 Å². The summed E-state index contributed by atoms with van der Waals surface area (Å²) in [5, 5.41) is 9.65. The van der Waals surface area contributed by atoms with Crippen LogP contribution >= 0.6 is 0 Å². The third-order valence-corrected chi connectivity index (χ3v) is 12.0. The standard InChI is InChI=1S/C56H35N3/c1-2-12-38-32-42(24-23-36(38)11-1)43-27-30-49-48-19-7-8-22-53(48)59(54(49)34-43)45-28-25-37(26-29-45)39-13-9-14-40(31-39)41-15-10-16-44(33-41)52-35-57-55-50-20-5-3-17-46(50)47-18-4-6-21-51(47)56(55)58-52/h1-35H. The molecule has 0 aliphatic rings. The molecule has 59 heavy (non-hydrogen) atoms. The molecule has 3 nitrogen and oxygen atoms in total. The summed E-state index contributed by atoms with van der Waals surface area (Å²) in [7, 11) is 0. The summed E-state index contributed by atoms with van der Waals surface area (Å²) in [6.45, 7) is 0. The van der Waals surface area contributed by atoms with Gasteiger partial charge in [-0.25, -0.2) is 4.98 Å². The van der Waals surface area contributed by atoms with Crippen LogP contribution in [0.4, 0.5) is 0 Å². The molecule has 0 saturated heterocycles. The highest BCUT2D eigenvalue weighted by Crippen LogP contribution is 2.38. The first-order chi connectivity index (χ1) is 29.2. The lowest BCUT2D eigenvalue weighted by Gasteiger charge is -2.12. The lowest BCUT2D eigenvalue weighted by Crippen LogP contribution is -1.94. The topological polar surface area (TPSA) is 30.7 Å².